The number of hydrogen-bond acceptors (Lipinski definition) is 4. The molecule has 4 nitrogen and oxygen atoms in total. The number of hydrogen-bond donors (Lipinski definition) is 2. The van der Waals surface area contributed by atoms with Crippen LogP contribution in [0.3, 0.4) is 0 Å². The van der Waals surface area contributed by atoms with Gasteiger partial charge in [0.25, 0.3) is 0 Å². The van der Waals surface area contributed by atoms with Crippen LogP contribution in [0.5, 0.6) is 5.75 Å². The predicted molar refractivity (Wildman–Crippen MR) is 79.6 cm³/mol. The van der Waals surface area contributed by atoms with Crippen LogP contribution in [0.2, 0.25) is 0 Å². The van der Waals surface area contributed by atoms with Crippen molar-refractivity contribution in [1.82, 2.24) is 4.90 Å². The molecule has 110 valence electrons. The Kier molecular flexibility index (Phi) is 7.10. The molecule has 1 unspecified atom stereocenters. The Morgan fingerprint density at radius 3 is 2.75 bits per heavy atom. The SMILES string of the molecule is COc1ccc(C#CCO)cc1CN(C)CCC(C)O. The van der Waals surface area contributed by atoms with Crippen LogP contribution in [0, 0.1) is 11.8 Å². The summed E-state index contributed by atoms with van der Waals surface area (Å²) in [6, 6.07) is 5.74. The van der Waals surface area contributed by atoms with E-state index >= 15 is 0 Å². The average Bonchev–Trinajstić information content (AvgIpc) is 2.43. The zero-order chi connectivity index (χ0) is 15.0. The largest absolute Gasteiger partial charge is 0.496 e. The molecule has 2 N–H and O–H groups in total. The molecular weight excluding hydrogens is 254 g/mol. The van der Waals surface area contributed by atoms with Crippen molar-refractivity contribution in [3.05, 3.63) is 29.3 Å². The Bertz CT molecular complexity index is 474. The number of rotatable bonds is 6. The summed E-state index contributed by atoms with van der Waals surface area (Å²) in [6.07, 6.45) is 0.448. The van der Waals surface area contributed by atoms with Crippen LogP contribution in [0.1, 0.15) is 24.5 Å². The first-order chi connectivity index (χ1) is 9.56. The predicted octanol–water partition coefficient (Wildman–Crippen LogP) is 1.24. The molecule has 0 saturated carbocycles. The van der Waals surface area contributed by atoms with Crippen molar-refractivity contribution in [3.8, 4) is 17.6 Å². The molecular formula is C16H23NO3. The lowest BCUT2D eigenvalue weighted by molar-refractivity contribution is 0.162. The van der Waals surface area contributed by atoms with Crippen LogP contribution in [0.15, 0.2) is 18.2 Å². The normalized spacial score (nSPS) is 11.9. The van der Waals surface area contributed by atoms with E-state index in [1.54, 1.807) is 14.0 Å². The zero-order valence-corrected chi connectivity index (χ0v) is 12.4. The maximum Gasteiger partial charge on any atom is 0.123 e. The zero-order valence-electron chi connectivity index (χ0n) is 12.4. The highest BCUT2D eigenvalue weighted by atomic mass is 16.5. The molecule has 0 saturated heterocycles. The van der Waals surface area contributed by atoms with Crippen molar-refractivity contribution in [3.63, 3.8) is 0 Å². The second-order valence-corrected chi connectivity index (χ2v) is 4.86. The van der Waals surface area contributed by atoms with Gasteiger partial charge in [0, 0.05) is 24.2 Å². The third-order valence-corrected chi connectivity index (χ3v) is 2.96. The van der Waals surface area contributed by atoms with Gasteiger partial charge in [-0.1, -0.05) is 11.8 Å². The summed E-state index contributed by atoms with van der Waals surface area (Å²) in [6.45, 7) is 3.19. The minimum atomic E-state index is -0.291. The van der Waals surface area contributed by atoms with E-state index < -0.39 is 0 Å². The van der Waals surface area contributed by atoms with Crippen molar-refractivity contribution in [1.29, 1.82) is 0 Å². The second-order valence-electron chi connectivity index (χ2n) is 4.86. The van der Waals surface area contributed by atoms with E-state index in [0.717, 1.165) is 36.4 Å². The molecule has 0 amide bonds. The van der Waals surface area contributed by atoms with Crippen LogP contribution < -0.4 is 4.74 Å². The Morgan fingerprint density at radius 2 is 2.15 bits per heavy atom. The van der Waals surface area contributed by atoms with Gasteiger partial charge in [0.05, 0.1) is 13.2 Å². The van der Waals surface area contributed by atoms with Gasteiger partial charge in [0.1, 0.15) is 12.4 Å². The van der Waals surface area contributed by atoms with E-state index in [2.05, 4.69) is 16.7 Å². The topological polar surface area (TPSA) is 52.9 Å². The number of ether oxygens (including phenoxy) is 1. The molecule has 0 aromatic heterocycles. The van der Waals surface area contributed by atoms with Gasteiger partial charge in [0.2, 0.25) is 0 Å². The average molecular weight is 277 g/mol. The van der Waals surface area contributed by atoms with E-state index in [9.17, 15) is 5.11 Å². The quantitative estimate of drug-likeness (QED) is 0.768. The van der Waals surface area contributed by atoms with Gasteiger partial charge in [-0.05, 0) is 38.6 Å². The minimum absolute atomic E-state index is 0.143. The highest BCUT2D eigenvalue weighted by molar-refractivity contribution is 5.44. The molecule has 0 heterocycles. The molecule has 20 heavy (non-hydrogen) atoms. The van der Waals surface area contributed by atoms with Crippen LogP contribution >= 0.6 is 0 Å². The first-order valence-corrected chi connectivity index (χ1v) is 6.70. The van der Waals surface area contributed by atoms with Crippen molar-refractivity contribution < 1.29 is 14.9 Å². The summed E-state index contributed by atoms with van der Waals surface area (Å²) in [4.78, 5) is 2.13. The van der Waals surface area contributed by atoms with E-state index in [1.807, 2.05) is 25.2 Å². The van der Waals surface area contributed by atoms with E-state index in [4.69, 9.17) is 9.84 Å². The Morgan fingerprint density at radius 1 is 1.40 bits per heavy atom. The summed E-state index contributed by atoms with van der Waals surface area (Å²) in [7, 11) is 3.65. The standard InChI is InChI=1S/C16H23NO3/c1-13(19)8-9-17(2)12-15-11-14(5-4-10-18)6-7-16(15)20-3/h6-7,11,13,18-19H,8-10,12H2,1-3H3. The monoisotopic (exact) mass is 277 g/mol. The second kappa shape index (κ2) is 8.60. The minimum Gasteiger partial charge on any atom is -0.496 e. The lowest BCUT2D eigenvalue weighted by Crippen LogP contribution is -2.22. The molecule has 0 fully saturated rings. The van der Waals surface area contributed by atoms with Crippen molar-refractivity contribution >= 4 is 0 Å². The highest BCUT2D eigenvalue weighted by Crippen LogP contribution is 2.21. The fraction of sp³-hybridized carbons (Fsp3) is 0.500. The molecule has 0 bridgehead atoms. The lowest BCUT2D eigenvalue weighted by Gasteiger charge is -2.19. The van der Waals surface area contributed by atoms with E-state index in [-0.39, 0.29) is 12.7 Å². The van der Waals surface area contributed by atoms with Gasteiger partial charge in [0.15, 0.2) is 0 Å². The van der Waals surface area contributed by atoms with Gasteiger partial charge < -0.3 is 19.8 Å². The third kappa shape index (κ3) is 5.62. The molecule has 1 atom stereocenters. The number of aliphatic hydroxyl groups excluding tert-OH is 2. The molecule has 1 aromatic carbocycles. The summed E-state index contributed by atoms with van der Waals surface area (Å²) in [5.41, 5.74) is 1.91. The Labute approximate surface area is 121 Å². The van der Waals surface area contributed by atoms with Crippen LogP contribution in [-0.2, 0) is 6.54 Å². The third-order valence-electron chi connectivity index (χ3n) is 2.96. The van der Waals surface area contributed by atoms with Crippen LogP contribution in [0.25, 0.3) is 0 Å². The first-order valence-electron chi connectivity index (χ1n) is 6.70. The summed E-state index contributed by atoms with van der Waals surface area (Å²) in [5, 5.41) is 18.1. The maximum absolute atomic E-state index is 9.32. The number of aliphatic hydroxyl groups is 2. The number of benzene rings is 1. The number of nitrogens with zero attached hydrogens (tertiary/aromatic N) is 1. The summed E-state index contributed by atoms with van der Waals surface area (Å²) in [5.74, 6) is 6.36. The molecule has 0 radical (unpaired) electrons. The highest BCUT2D eigenvalue weighted by Gasteiger charge is 2.08. The molecule has 0 aliphatic heterocycles. The molecule has 0 aliphatic rings. The molecule has 1 aromatic rings. The van der Waals surface area contributed by atoms with Gasteiger partial charge in [-0.25, -0.2) is 0 Å². The van der Waals surface area contributed by atoms with Crippen molar-refractivity contribution in [2.45, 2.75) is 26.0 Å². The van der Waals surface area contributed by atoms with Crippen LogP contribution in [0.4, 0.5) is 0 Å². The lowest BCUT2D eigenvalue weighted by atomic mass is 10.1. The Hall–Kier alpha value is -1.54. The van der Waals surface area contributed by atoms with Crippen LogP contribution in [-0.4, -0.2) is 48.5 Å². The smallest absolute Gasteiger partial charge is 0.123 e. The van der Waals surface area contributed by atoms with E-state index in [0.29, 0.717) is 0 Å². The first kappa shape index (κ1) is 16.5. The summed E-state index contributed by atoms with van der Waals surface area (Å²) >= 11 is 0. The number of methoxy groups -OCH3 is 1. The summed E-state index contributed by atoms with van der Waals surface area (Å²) < 4.78 is 5.36. The van der Waals surface area contributed by atoms with Gasteiger partial charge >= 0.3 is 0 Å². The Balaban J connectivity index is 2.80. The van der Waals surface area contributed by atoms with Crippen molar-refractivity contribution in [2.24, 2.45) is 0 Å². The van der Waals surface area contributed by atoms with Gasteiger partial charge in [-0.2, -0.15) is 0 Å². The molecule has 4 heteroatoms. The van der Waals surface area contributed by atoms with Crippen molar-refractivity contribution in [2.75, 3.05) is 27.3 Å². The fourth-order valence-corrected chi connectivity index (χ4v) is 1.90. The maximum atomic E-state index is 9.32. The van der Waals surface area contributed by atoms with Gasteiger partial charge in [-0.15, -0.1) is 0 Å². The van der Waals surface area contributed by atoms with E-state index in [1.165, 1.54) is 0 Å². The van der Waals surface area contributed by atoms with Gasteiger partial charge in [-0.3, -0.25) is 0 Å². The fourth-order valence-electron chi connectivity index (χ4n) is 1.90. The molecule has 1 rings (SSSR count). The molecule has 0 aliphatic carbocycles. The molecule has 0 spiro atoms.